The van der Waals surface area contributed by atoms with Crippen LogP contribution in [-0.2, 0) is 23.2 Å². The summed E-state index contributed by atoms with van der Waals surface area (Å²) >= 11 is 0. The minimum atomic E-state index is -2.35. The van der Waals surface area contributed by atoms with Crippen molar-refractivity contribution >= 4 is 14.8 Å². The monoisotopic (exact) mass is 321 g/mol. The van der Waals surface area contributed by atoms with Gasteiger partial charge in [-0.15, -0.1) is 0 Å². The van der Waals surface area contributed by atoms with Gasteiger partial charge in [0.25, 0.3) is 0 Å². The largest absolute Gasteiger partial charge is 0.500 e. The lowest BCUT2D eigenvalue weighted by Gasteiger charge is -2.28. The van der Waals surface area contributed by atoms with E-state index in [0.717, 1.165) is 12.5 Å². The molecule has 0 fully saturated rings. The number of carbonyl (C=O) groups excluding carboxylic acids is 1. The van der Waals surface area contributed by atoms with E-state index >= 15 is 0 Å². The van der Waals surface area contributed by atoms with E-state index in [1.54, 1.807) is 0 Å². The van der Waals surface area contributed by atoms with Crippen LogP contribution in [-0.4, -0.2) is 34.6 Å². The Morgan fingerprint density at radius 2 is 1.24 bits per heavy atom. The molecule has 5 nitrogen and oxygen atoms in total. The molecule has 0 bridgehead atoms. The molecule has 6 heteroatoms. The highest BCUT2D eigenvalue weighted by Gasteiger charge is 2.39. The molecule has 0 rings (SSSR count). The normalized spacial score (nSPS) is 10.9. The van der Waals surface area contributed by atoms with E-state index in [1.807, 2.05) is 20.8 Å². The zero-order valence-electron chi connectivity index (χ0n) is 14.4. The molecule has 0 aromatic heterocycles. The van der Waals surface area contributed by atoms with Gasteiger partial charge in [0.1, 0.15) is 0 Å². The van der Waals surface area contributed by atoms with Crippen molar-refractivity contribution in [2.24, 2.45) is 0 Å². The van der Waals surface area contributed by atoms with E-state index in [9.17, 15) is 9.90 Å². The van der Waals surface area contributed by atoms with Crippen LogP contribution in [0.25, 0.3) is 0 Å². The number of hydrogen-bond acceptors (Lipinski definition) is 4. The van der Waals surface area contributed by atoms with Gasteiger partial charge in [-0.1, -0.05) is 33.1 Å². The van der Waals surface area contributed by atoms with Crippen molar-refractivity contribution in [2.45, 2.75) is 72.8 Å². The van der Waals surface area contributed by atoms with Gasteiger partial charge in [-0.25, -0.2) is 9.90 Å². The first kappa shape index (κ1) is 22.8. The van der Waals surface area contributed by atoms with Gasteiger partial charge in [0, 0.05) is 32.3 Å². The highest BCUT2D eigenvalue weighted by atomic mass is 28.4. The fourth-order valence-electron chi connectivity index (χ4n) is 1.77. The standard InChI is InChI=1S/C12H28O3Si.C3H5O2/c1-5-9-10-11-12-16(13-6-2,14-7-3)15-8-4;1-2-3(4)5/h5-12H2,1-4H3;2H2,1H3. The molecule has 0 unspecified atom stereocenters. The smallest absolute Gasteiger partial charge is 0.374 e. The highest BCUT2D eigenvalue weighted by Crippen LogP contribution is 2.20. The Hall–Kier alpha value is -0.433. The lowest BCUT2D eigenvalue weighted by Crippen LogP contribution is -2.45. The predicted octanol–water partition coefficient (Wildman–Crippen LogP) is 3.97. The molecule has 0 aliphatic heterocycles. The van der Waals surface area contributed by atoms with Crippen molar-refractivity contribution < 1.29 is 23.2 Å². The lowest BCUT2D eigenvalue weighted by molar-refractivity contribution is -0.142. The first-order valence-corrected chi connectivity index (χ1v) is 10.1. The molecule has 0 aromatic carbocycles. The molecule has 0 saturated heterocycles. The first-order valence-electron chi connectivity index (χ1n) is 8.13. The Kier molecular flexibility index (Phi) is 17.3. The van der Waals surface area contributed by atoms with Crippen LogP contribution in [0, 0.1) is 0 Å². The van der Waals surface area contributed by atoms with Gasteiger partial charge < -0.3 is 13.3 Å². The average molecular weight is 322 g/mol. The Bertz CT molecular complexity index is 219. The summed E-state index contributed by atoms with van der Waals surface area (Å²) in [6.45, 7) is 11.8. The molecule has 0 N–H and O–H groups in total. The molecular weight excluding hydrogens is 288 g/mol. The van der Waals surface area contributed by atoms with E-state index in [2.05, 4.69) is 6.92 Å². The molecule has 21 heavy (non-hydrogen) atoms. The van der Waals surface area contributed by atoms with Crippen LogP contribution in [0.1, 0.15) is 66.7 Å². The summed E-state index contributed by atoms with van der Waals surface area (Å²) in [5.74, 6) is -0.995. The Morgan fingerprint density at radius 1 is 0.810 bits per heavy atom. The molecule has 0 atom stereocenters. The third kappa shape index (κ3) is 14.3. The second kappa shape index (κ2) is 15.9. The molecule has 0 aliphatic carbocycles. The van der Waals surface area contributed by atoms with Gasteiger partial charge in [0.2, 0.25) is 0 Å². The number of rotatable bonds is 12. The molecule has 0 saturated carbocycles. The van der Waals surface area contributed by atoms with Gasteiger partial charge in [-0.2, -0.15) is 0 Å². The first-order chi connectivity index (χ1) is 10.0. The topological polar surface area (TPSA) is 64.7 Å². The summed E-state index contributed by atoms with van der Waals surface area (Å²) < 4.78 is 17.4. The third-order valence-corrected chi connectivity index (χ3v) is 5.87. The Morgan fingerprint density at radius 3 is 1.52 bits per heavy atom. The summed E-state index contributed by atoms with van der Waals surface area (Å²) in [6.07, 6.45) is 5.06. The van der Waals surface area contributed by atoms with Crippen LogP contribution >= 0.6 is 0 Å². The van der Waals surface area contributed by atoms with Gasteiger partial charge >= 0.3 is 14.8 Å². The van der Waals surface area contributed by atoms with E-state index in [1.165, 1.54) is 26.2 Å². The highest BCUT2D eigenvalue weighted by molar-refractivity contribution is 6.60. The van der Waals surface area contributed by atoms with Gasteiger partial charge in [-0.05, 0) is 27.2 Å². The van der Waals surface area contributed by atoms with Crippen LogP contribution < -0.4 is 0 Å². The molecule has 0 heterocycles. The molecule has 0 spiro atoms. The quantitative estimate of drug-likeness (QED) is 0.403. The molecule has 127 valence electrons. The van der Waals surface area contributed by atoms with E-state index in [4.69, 9.17) is 13.3 Å². The summed E-state index contributed by atoms with van der Waals surface area (Å²) in [4.78, 5) is 9.26. The summed E-state index contributed by atoms with van der Waals surface area (Å²) in [5, 5.41) is 9.26. The van der Waals surface area contributed by atoms with Gasteiger partial charge in [0.15, 0.2) is 0 Å². The summed E-state index contributed by atoms with van der Waals surface area (Å²) in [5.41, 5.74) is 0. The summed E-state index contributed by atoms with van der Waals surface area (Å²) in [7, 11) is -2.35. The van der Waals surface area contributed by atoms with Gasteiger partial charge in [-0.3, -0.25) is 0 Å². The van der Waals surface area contributed by atoms with Crippen molar-refractivity contribution in [3.05, 3.63) is 0 Å². The average Bonchev–Trinajstić information content (AvgIpc) is 2.45. The third-order valence-electron chi connectivity index (χ3n) is 2.72. The molecule has 0 amide bonds. The van der Waals surface area contributed by atoms with Crippen molar-refractivity contribution in [2.75, 3.05) is 19.8 Å². The molecule has 0 aromatic rings. The fraction of sp³-hybridized carbons (Fsp3) is 0.933. The number of carbonyl (C=O) groups is 1. The van der Waals surface area contributed by atoms with Crippen LogP contribution in [0.4, 0.5) is 0 Å². The second-order valence-corrected chi connectivity index (χ2v) is 7.25. The minimum Gasteiger partial charge on any atom is -0.374 e. The summed E-state index contributed by atoms with van der Waals surface area (Å²) in [6, 6.07) is 0.961. The molecule has 1 radical (unpaired) electrons. The predicted molar refractivity (Wildman–Crippen MR) is 85.6 cm³/mol. The van der Waals surface area contributed by atoms with E-state index < -0.39 is 14.8 Å². The van der Waals surface area contributed by atoms with Crippen LogP contribution in [0.15, 0.2) is 0 Å². The number of hydrogen-bond donors (Lipinski definition) is 0. The van der Waals surface area contributed by atoms with Crippen LogP contribution in [0.5, 0.6) is 0 Å². The van der Waals surface area contributed by atoms with E-state index in [0.29, 0.717) is 19.8 Å². The van der Waals surface area contributed by atoms with Crippen LogP contribution in [0.2, 0.25) is 6.04 Å². The maximum absolute atomic E-state index is 9.26. The minimum absolute atomic E-state index is 0.111. The molecular formula is C15H33O5Si. The van der Waals surface area contributed by atoms with Crippen molar-refractivity contribution in [1.82, 2.24) is 0 Å². The Balaban J connectivity index is 0. The Labute approximate surface area is 131 Å². The SMILES string of the molecule is CCC([O])=O.CCCCCC[Si](OCC)(OCC)OCC. The van der Waals surface area contributed by atoms with Crippen molar-refractivity contribution in [3.63, 3.8) is 0 Å². The second-order valence-electron chi connectivity index (χ2n) is 4.52. The zero-order valence-corrected chi connectivity index (χ0v) is 15.4. The van der Waals surface area contributed by atoms with Crippen molar-refractivity contribution in [3.8, 4) is 0 Å². The lowest BCUT2D eigenvalue weighted by atomic mass is 10.2. The molecule has 0 aliphatic rings. The van der Waals surface area contributed by atoms with E-state index in [-0.39, 0.29) is 6.42 Å². The maximum Gasteiger partial charge on any atom is 0.500 e. The fourth-order valence-corrected chi connectivity index (χ4v) is 4.46. The zero-order chi connectivity index (χ0) is 16.6. The van der Waals surface area contributed by atoms with Crippen molar-refractivity contribution in [1.29, 1.82) is 0 Å². The maximum atomic E-state index is 9.26. The van der Waals surface area contributed by atoms with Gasteiger partial charge in [0.05, 0.1) is 0 Å². The van der Waals surface area contributed by atoms with Crippen LogP contribution in [0.3, 0.4) is 0 Å². The number of unbranched alkanes of at least 4 members (excludes halogenated alkanes) is 3.